The van der Waals surface area contributed by atoms with Gasteiger partial charge in [0.1, 0.15) is 11.8 Å². The van der Waals surface area contributed by atoms with Crippen LogP contribution in [0.1, 0.15) is 31.9 Å². The fourth-order valence-corrected chi connectivity index (χ4v) is 4.42. The van der Waals surface area contributed by atoms with E-state index >= 15 is 0 Å². The predicted octanol–water partition coefficient (Wildman–Crippen LogP) is 4.69. The molecule has 1 unspecified atom stereocenters. The second kappa shape index (κ2) is 8.89. The first-order valence-corrected chi connectivity index (χ1v) is 11.4. The first-order chi connectivity index (χ1) is 15.0. The quantitative estimate of drug-likeness (QED) is 0.610. The fraction of sp³-hybridized carbons (Fsp3) is 0.292. The van der Waals surface area contributed by atoms with E-state index in [1.807, 2.05) is 41.8 Å². The van der Waals surface area contributed by atoms with Crippen molar-refractivity contribution in [2.45, 2.75) is 39.7 Å². The number of para-hydroxylation sites is 1. The number of nitrogens with one attached hydrogen (secondary N) is 1. The molecular weight excluding hydrogens is 410 g/mol. The molecule has 0 saturated heterocycles. The first-order valence-electron chi connectivity index (χ1n) is 10.4. The second-order valence-electron chi connectivity index (χ2n) is 7.43. The Kier molecular flexibility index (Phi) is 6.04. The molecule has 0 fully saturated rings. The number of rotatable bonds is 6. The Morgan fingerprint density at radius 1 is 1.23 bits per heavy atom. The summed E-state index contributed by atoms with van der Waals surface area (Å²) in [5.74, 6) is 0.113. The molecule has 0 saturated carbocycles. The lowest BCUT2D eigenvalue weighted by Gasteiger charge is -2.33. The number of aryl methyl sites for hydroxylation is 2. The van der Waals surface area contributed by atoms with E-state index < -0.39 is 6.04 Å². The lowest BCUT2D eigenvalue weighted by Crippen LogP contribution is -2.49. The highest BCUT2D eigenvalue weighted by molar-refractivity contribution is 7.07. The molecule has 3 aromatic rings. The van der Waals surface area contributed by atoms with Gasteiger partial charge in [-0.1, -0.05) is 32.0 Å². The maximum Gasteiger partial charge on any atom is 0.265 e. The minimum Gasteiger partial charge on any atom is -0.482 e. The zero-order valence-electron chi connectivity index (χ0n) is 17.8. The van der Waals surface area contributed by atoms with Crippen LogP contribution < -0.4 is 15.0 Å². The van der Waals surface area contributed by atoms with Crippen molar-refractivity contribution in [1.82, 2.24) is 4.98 Å². The van der Waals surface area contributed by atoms with E-state index in [-0.39, 0.29) is 18.4 Å². The molecule has 1 aromatic heterocycles. The molecule has 0 radical (unpaired) electrons. The van der Waals surface area contributed by atoms with Gasteiger partial charge in [0.05, 0.1) is 16.9 Å². The van der Waals surface area contributed by atoms with E-state index in [1.54, 1.807) is 12.4 Å². The van der Waals surface area contributed by atoms with E-state index in [0.29, 0.717) is 11.4 Å². The lowest BCUT2D eigenvalue weighted by atomic mass is 10.0. The van der Waals surface area contributed by atoms with Crippen molar-refractivity contribution >= 4 is 34.5 Å². The number of carbonyl (C=O) groups is 2. The van der Waals surface area contributed by atoms with Crippen LogP contribution in [0.3, 0.4) is 0 Å². The number of benzene rings is 2. The number of ether oxygens (including phenoxy) is 1. The summed E-state index contributed by atoms with van der Waals surface area (Å²) in [6, 6.07) is 11.0. The standard InChI is InChI=1S/C24H25N3O3S/c1-4-16-7-6-8-17(5-2)23(16)26-24(29)15(3)27-20-11-18(19-13-31-14-25-19)9-10-21(20)30-12-22(27)28/h6-11,13-15H,4-5,12H2,1-3H3,(H,26,29). The van der Waals surface area contributed by atoms with Crippen LogP contribution in [0.25, 0.3) is 11.3 Å². The topological polar surface area (TPSA) is 71.5 Å². The summed E-state index contributed by atoms with van der Waals surface area (Å²) >= 11 is 1.51. The summed E-state index contributed by atoms with van der Waals surface area (Å²) in [5.41, 5.74) is 7.07. The molecule has 2 amide bonds. The van der Waals surface area contributed by atoms with Crippen LogP contribution in [-0.4, -0.2) is 29.4 Å². The van der Waals surface area contributed by atoms with Gasteiger partial charge < -0.3 is 10.1 Å². The van der Waals surface area contributed by atoms with Crippen LogP contribution in [-0.2, 0) is 22.4 Å². The Balaban J connectivity index is 1.66. The number of anilines is 2. The highest BCUT2D eigenvalue weighted by Crippen LogP contribution is 2.37. The van der Waals surface area contributed by atoms with E-state index in [4.69, 9.17) is 4.74 Å². The molecule has 31 heavy (non-hydrogen) atoms. The molecule has 1 N–H and O–H groups in total. The lowest BCUT2D eigenvalue weighted by molar-refractivity contribution is -0.125. The van der Waals surface area contributed by atoms with Gasteiger partial charge in [-0.15, -0.1) is 11.3 Å². The number of amides is 2. The van der Waals surface area contributed by atoms with E-state index in [2.05, 4.69) is 24.1 Å². The van der Waals surface area contributed by atoms with Gasteiger partial charge in [-0.2, -0.15) is 0 Å². The molecule has 1 aliphatic rings. The molecule has 0 spiro atoms. The summed E-state index contributed by atoms with van der Waals surface area (Å²) in [7, 11) is 0. The minimum absolute atomic E-state index is 0.0908. The number of nitrogens with zero attached hydrogens (tertiary/aromatic N) is 2. The monoisotopic (exact) mass is 435 g/mol. The van der Waals surface area contributed by atoms with Gasteiger partial charge in [-0.3, -0.25) is 14.5 Å². The average molecular weight is 436 g/mol. The van der Waals surface area contributed by atoms with Gasteiger partial charge in [0.2, 0.25) is 5.91 Å². The molecule has 0 bridgehead atoms. The van der Waals surface area contributed by atoms with Gasteiger partial charge in [-0.25, -0.2) is 4.98 Å². The van der Waals surface area contributed by atoms with Crippen molar-refractivity contribution in [3.63, 3.8) is 0 Å². The number of fused-ring (bicyclic) bond motifs is 1. The zero-order chi connectivity index (χ0) is 22.0. The molecule has 7 heteroatoms. The van der Waals surface area contributed by atoms with Crippen LogP contribution in [0.2, 0.25) is 0 Å². The molecular formula is C24H25N3O3S. The van der Waals surface area contributed by atoms with E-state index in [0.717, 1.165) is 40.9 Å². The van der Waals surface area contributed by atoms with Crippen LogP contribution in [0.4, 0.5) is 11.4 Å². The molecule has 0 aliphatic carbocycles. The van der Waals surface area contributed by atoms with Crippen LogP contribution >= 0.6 is 11.3 Å². The average Bonchev–Trinajstić information content (AvgIpc) is 3.33. The smallest absolute Gasteiger partial charge is 0.265 e. The first kappa shape index (κ1) is 21.1. The third-order valence-electron chi connectivity index (χ3n) is 5.58. The molecule has 2 aromatic carbocycles. The second-order valence-corrected chi connectivity index (χ2v) is 8.15. The summed E-state index contributed by atoms with van der Waals surface area (Å²) in [6.07, 6.45) is 1.63. The van der Waals surface area contributed by atoms with Crippen molar-refractivity contribution in [1.29, 1.82) is 0 Å². The molecule has 1 aliphatic heterocycles. The molecule has 2 heterocycles. The molecule has 1 atom stereocenters. The van der Waals surface area contributed by atoms with Crippen molar-refractivity contribution in [2.75, 3.05) is 16.8 Å². The Labute approximate surface area is 185 Å². The van der Waals surface area contributed by atoms with Gasteiger partial charge in [-0.05, 0) is 49.1 Å². The van der Waals surface area contributed by atoms with Gasteiger partial charge >= 0.3 is 0 Å². The van der Waals surface area contributed by atoms with Crippen LogP contribution in [0.5, 0.6) is 5.75 Å². The maximum atomic E-state index is 13.3. The highest BCUT2D eigenvalue weighted by Gasteiger charge is 2.34. The third kappa shape index (κ3) is 4.05. The van der Waals surface area contributed by atoms with Crippen molar-refractivity contribution in [3.8, 4) is 17.0 Å². The fourth-order valence-electron chi connectivity index (χ4n) is 3.86. The number of aromatic nitrogens is 1. The van der Waals surface area contributed by atoms with Crippen molar-refractivity contribution < 1.29 is 14.3 Å². The Morgan fingerprint density at radius 3 is 2.61 bits per heavy atom. The minimum atomic E-state index is -0.699. The Morgan fingerprint density at radius 2 is 1.97 bits per heavy atom. The van der Waals surface area contributed by atoms with Crippen molar-refractivity contribution in [2.24, 2.45) is 0 Å². The van der Waals surface area contributed by atoms with Crippen LogP contribution in [0, 0.1) is 0 Å². The largest absolute Gasteiger partial charge is 0.482 e. The maximum absolute atomic E-state index is 13.3. The van der Waals surface area contributed by atoms with Gasteiger partial charge in [0, 0.05) is 16.6 Å². The predicted molar refractivity (Wildman–Crippen MR) is 124 cm³/mol. The summed E-state index contributed by atoms with van der Waals surface area (Å²) in [5, 5.41) is 5.03. The number of carbonyl (C=O) groups excluding carboxylic acids is 2. The summed E-state index contributed by atoms with van der Waals surface area (Å²) in [4.78, 5) is 31.9. The van der Waals surface area contributed by atoms with Crippen molar-refractivity contribution in [3.05, 3.63) is 58.4 Å². The number of hydrogen-bond acceptors (Lipinski definition) is 5. The van der Waals surface area contributed by atoms with Gasteiger partial charge in [0.15, 0.2) is 6.61 Å². The molecule has 4 rings (SSSR count). The van der Waals surface area contributed by atoms with Crippen LogP contribution in [0.15, 0.2) is 47.3 Å². The van der Waals surface area contributed by atoms with E-state index in [9.17, 15) is 9.59 Å². The normalized spacial score (nSPS) is 14.0. The molecule has 6 nitrogen and oxygen atoms in total. The molecule has 160 valence electrons. The highest BCUT2D eigenvalue weighted by atomic mass is 32.1. The van der Waals surface area contributed by atoms with Gasteiger partial charge in [0.25, 0.3) is 5.91 Å². The third-order valence-corrected chi connectivity index (χ3v) is 6.17. The zero-order valence-corrected chi connectivity index (χ0v) is 18.7. The summed E-state index contributed by atoms with van der Waals surface area (Å²) in [6.45, 7) is 5.79. The number of hydrogen-bond donors (Lipinski definition) is 1. The summed E-state index contributed by atoms with van der Waals surface area (Å²) < 4.78 is 5.62. The van der Waals surface area contributed by atoms with E-state index in [1.165, 1.54) is 16.2 Å². The Bertz CT molecular complexity index is 1090. The SMILES string of the molecule is CCc1cccc(CC)c1NC(=O)C(C)N1C(=O)COc2ccc(-c3cscn3)cc21. The number of thiazole rings is 1. The Hall–Kier alpha value is -3.19.